The van der Waals surface area contributed by atoms with Crippen LogP contribution in [0.15, 0.2) is 22.7 Å². The lowest BCUT2D eigenvalue weighted by atomic mass is 9.99. The molecule has 0 spiro atoms. The standard InChI is InChI=1S/C15H18BrIN2O/c16-14-5-4-11(17)9-13(14)15(20)19-8-7-18-6-2-1-3-12(18)10-19/h4-5,9,12H,1-3,6-8,10H2. The maximum absolute atomic E-state index is 12.7. The van der Waals surface area contributed by atoms with Crippen molar-refractivity contribution in [1.29, 1.82) is 0 Å². The Morgan fingerprint density at radius 2 is 2.10 bits per heavy atom. The minimum atomic E-state index is 0.167. The summed E-state index contributed by atoms with van der Waals surface area (Å²) in [7, 11) is 0. The van der Waals surface area contributed by atoms with Gasteiger partial charge >= 0.3 is 0 Å². The zero-order chi connectivity index (χ0) is 14.1. The van der Waals surface area contributed by atoms with Gasteiger partial charge in [-0.05, 0) is 76.1 Å². The molecule has 2 aliphatic heterocycles. The number of halogens is 2. The Kier molecular flexibility index (Phi) is 4.67. The van der Waals surface area contributed by atoms with Gasteiger partial charge in [-0.15, -0.1) is 0 Å². The van der Waals surface area contributed by atoms with Gasteiger partial charge in [-0.3, -0.25) is 9.69 Å². The molecule has 0 bridgehead atoms. The molecule has 1 atom stereocenters. The molecule has 1 aromatic carbocycles. The highest BCUT2D eigenvalue weighted by Gasteiger charge is 2.31. The molecule has 3 nitrogen and oxygen atoms in total. The van der Waals surface area contributed by atoms with Crippen LogP contribution in [0.1, 0.15) is 29.6 Å². The van der Waals surface area contributed by atoms with Gasteiger partial charge in [-0.25, -0.2) is 0 Å². The number of piperazine rings is 1. The molecule has 1 unspecified atom stereocenters. The Balaban J connectivity index is 1.76. The van der Waals surface area contributed by atoms with Crippen LogP contribution in [-0.2, 0) is 0 Å². The molecule has 2 fully saturated rings. The van der Waals surface area contributed by atoms with Crippen molar-refractivity contribution in [2.45, 2.75) is 25.3 Å². The molecule has 20 heavy (non-hydrogen) atoms. The highest BCUT2D eigenvalue weighted by molar-refractivity contribution is 14.1. The Labute approximate surface area is 142 Å². The van der Waals surface area contributed by atoms with Crippen LogP contribution >= 0.6 is 38.5 Å². The third kappa shape index (κ3) is 3.04. The monoisotopic (exact) mass is 448 g/mol. The maximum atomic E-state index is 12.7. The molecule has 0 aliphatic carbocycles. The number of carbonyl (C=O) groups excluding carboxylic acids is 1. The summed E-state index contributed by atoms with van der Waals surface area (Å²) >= 11 is 5.76. The first kappa shape index (κ1) is 14.8. The van der Waals surface area contributed by atoms with E-state index in [9.17, 15) is 4.79 Å². The average Bonchev–Trinajstić information content (AvgIpc) is 2.48. The van der Waals surface area contributed by atoms with Gasteiger partial charge in [0.15, 0.2) is 0 Å². The third-order valence-electron chi connectivity index (χ3n) is 4.28. The Morgan fingerprint density at radius 3 is 2.95 bits per heavy atom. The normalized spacial score (nSPS) is 23.5. The van der Waals surface area contributed by atoms with E-state index in [0.29, 0.717) is 6.04 Å². The van der Waals surface area contributed by atoms with E-state index in [-0.39, 0.29) is 5.91 Å². The second-order valence-corrected chi connectivity index (χ2v) is 7.66. The van der Waals surface area contributed by atoms with Crippen LogP contribution in [0.4, 0.5) is 0 Å². The fraction of sp³-hybridized carbons (Fsp3) is 0.533. The van der Waals surface area contributed by atoms with E-state index in [1.165, 1.54) is 25.8 Å². The Morgan fingerprint density at radius 1 is 1.25 bits per heavy atom. The lowest BCUT2D eigenvalue weighted by Crippen LogP contribution is -2.56. The summed E-state index contributed by atoms with van der Waals surface area (Å²) in [5, 5.41) is 0. The lowest BCUT2D eigenvalue weighted by Gasteiger charge is -2.44. The Bertz CT molecular complexity index is 523. The summed E-state index contributed by atoms with van der Waals surface area (Å²) in [6, 6.07) is 6.52. The summed E-state index contributed by atoms with van der Waals surface area (Å²) in [6.45, 7) is 3.97. The van der Waals surface area contributed by atoms with E-state index >= 15 is 0 Å². The number of amides is 1. The van der Waals surface area contributed by atoms with Gasteiger partial charge in [0, 0.05) is 33.7 Å². The fourth-order valence-corrected chi connectivity index (χ4v) is 4.08. The zero-order valence-electron chi connectivity index (χ0n) is 11.3. The van der Waals surface area contributed by atoms with Gasteiger partial charge in [-0.1, -0.05) is 6.42 Å². The van der Waals surface area contributed by atoms with E-state index < -0.39 is 0 Å². The smallest absolute Gasteiger partial charge is 0.255 e. The fourth-order valence-electron chi connectivity index (χ4n) is 3.17. The van der Waals surface area contributed by atoms with E-state index in [0.717, 1.165) is 33.2 Å². The summed E-state index contributed by atoms with van der Waals surface area (Å²) in [5.41, 5.74) is 0.793. The van der Waals surface area contributed by atoms with Crippen LogP contribution in [0.25, 0.3) is 0 Å². The average molecular weight is 449 g/mol. The van der Waals surface area contributed by atoms with Gasteiger partial charge in [-0.2, -0.15) is 0 Å². The van der Waals surface area contributed by atoms with Crippen molar-refractivity contribution in [3.05, 3.63) is 31.8 Å². The second-order valence-electron chi connectivity index (χ2n) is 5.56. The van der Waals surface area contributed by atoms with E-state index in [1.54, 1.807) is 0 Å². The largest absolute Gasteiger partial charge is 0.336 e. The first-order chi connectivity index (χ1) is 9.65. The summed E-state index contributed by atoms with van der Waals surface area (Å²) in [5.74, 6) is 0.167. The molecular formula is C15H18BrIN2O. The van der Waals surface area contributed by atoms with Crippen LogP contribution in [0, 0.1) is 3.57 Å². The zero-order valence-corrected chi connectivity index (χ0v) is 15.1. The number of carbonyl (C=O) groups is 1. The van der Waals surface area contributed by atoms with Crippen molar-refractivity contribution >= 4 is 44.4 Å². The number of rotatable bonds is 1. The number of benzene rings is 1. The topological polar surface area (TPSA) is 23.6 Å². The van der Waals surface area contributed by atoms with Crippen molar-refractivity contribution < 1.29 is 4.79 Å². The summed E-state index contributed by atoms with van der Waals surface area (Å²) < 4.78 is 2.00. The lowest BCUT2D eigenvalue weighted by molar-refractivity contribution is 0.0372. The highest BCUT2D eigenvalue weighted by atomic mass is 127. The van der Waals surface area contributed by atoms with Crippen LogP contribution in [0.3, 0.4) is 0 Å². The van der Waals surface area contributed by atoms with Crippen LogP contribution in [0.5, 0.6) is 0 Å². The predicted octanol–water partition coefficient (Wildman–Crippen LogP) is 3.36. The van der Waals surface area contributed by atoms with Crippen molar-refractivity contribution in [1.82, 2.24) is 9.80 Å². The SMILES string of the molecule is O=C(c1cc(I)ccc1Br)N1CCN2CCCCC2C1. The van der Waals surface area contributed by atoms with Crippen LogP contribution in [0.2, 0.25) is 0 Å². The van der Waals surface area contributed by atoms with Crippen molar-refractivity contribution in [3.63, 3.8) is 0 Å². The molecule has 2 saturated heterocycles. The number of hydrogen-bond donors (Lipinski definition) is 0. The van der Waals surface area contributed by atoms with Gasteiger partial charge < -0.3 is 4.90 Å². The molecule has 0 aromatic heterocycles. The molecule has 5 heteroatoms. The van der Waals surface area contributed by atoms with Crippen LogP contribution in [-0.4, -0.2) is 47.9 Å². The van der Waals surface area contributed by atoms with Gasteiger partial charge in [0.2, 0.25) is 0 Å². The van der Waals surface area contributed by atoms with Crippen molar-refractivity contribution in [2.75, 3.05) is 26.2 Å². The summed E-state index contributed by atoms with van der Waals surface area (Å²) in [4.78, 5) is 17.3. The number of piperidine rings is 1. The number of hydrogen-bond acceptors (Lipinski definition) is 2. The molecule has 0 saturated carbocycles. The molecule has 3 rings (SSSR count). The minimum Gasteiger partial charge on any atom is -0.336 e. The number of fused-ring (bicyclic) bond motifs is 1. The molecule has 2 aliphatic rings. The Hall–Kier alpha value is -0.140. The molecule has 0 N–H and O–H groups in total. The molecule has 1 aromatic rings. The number of nitrogens with zero attached hydrogens (tertiary/aromatic N) is 2. The highest BCUT2D eigenvalue weighted by Crippen LogP contribution is 2.25. The predicted molar refractivity (Wildman–Crippen MR) is 92.0 cm³/mol. The second kappa shape index (κ2) is 6.32. The first-order valence-electron chi connectivity index (χ1n) is 7.13. The van der Waals surface area contributed by atoms with Crippen molar-refractivity contribution in [2.24, 2.45) is 0 Å². The first-order valence-corrected chi connectivity index (χ1v) is 9.01. The molecule has 2 heterocycles. The summed E-state index contributed by atoms with van der Waals surface area (Å²) in [6.07, 6.45) is 3.85. The van der Waals surface area contributed by atoms with Gasteiger partial charge in [0.1, 0.15) is 0 Å². The molecule has 0 radical (unpaired) electrons. The molecule has 1 amide bonds. The van der Waals surface area contributed by atoms with E-state index in [1.807, 2.05) is 23.1 Å². The minimum absolute atomic E-state index is 0.167. The molecule has 108 valence electrons. The third-order valence-corrected chi connectivity index (χ3v) is 5.65. The van der Waals surface area contributed by atoms with E-state index in [4.69, 9.17) is 0 Å². The maximum Gasteiger partial charge on any atom is 0.255 e. The van der Waals surface area contributed by atoms with Gasteiger partial charge in [0.05, 0.1) is 5.56 Å². The van der Waals surface area contributed by atoms with Crippen molar-refractivity contribution in [3.8, 4) is 0 Å². The van der Waals surface area contributed by atoms with Gasteiger partial charge in [0.25, 0.3) is 5.91 Å². The van der Waals surface area contributed by atoms with E-state index in [2.05, 4.69) is 43.4 Å². The quantitative estimate of drug-likeness (QED) is 0.615. The van der Waals surface area contributed by atoms with Crippen LogP contribution < -0.4 is 0 Å². The molecular weight excluding hydrogens is 431 g/mol.